The number of rotatable bonds is 8. The van der Waals surface area contributed by atoms with E-state index in [1.807, 2.05) is 11.8 Å². The van der Waals surface area contributed by atoms with Crippen LogP contribution in [0.5, 0.6) is 0 Å². The summed E-state index contributed by atoms with van der Waals surface area (Å²) in [6.45, 7) is 6.65. The molecule has 0 amide bonds. The molecule has 10 heteroatoms. The van der Waals surface area contributed by atoms with E-state index in [4.69, 9.17) is 9.90 Å². The molecular formula is C31H37F3N4O2S. The van der Waals surface area contributed by atoms with E-state index in [1.165, 1.54) is 56.3 Å². The van der Waals surface area contributed by atoms with Gasteiger partial charge in [-0.2, -0.15) is 13.2 Å². The quantitative estimate of drug-likeness (QED) is 0.347. The van der Waals surface area contributed by atoms with Gasteiger partial charge >= 0.3 is 6.18 Å². The van der Waals surface area contributed by atoms with Crippen molar-refractivity contribution >= 4 is 46.2 Å². The Morgan fingerprint density at radius 1 is 1.12 bits per heavy atom. The molecule has 2 aromatic carbocycles. The monoisotopic (exact) mass is 586 g/mol. The van der Waals surface area contributed by atoms with Gasteiger partial charge in [0.15, 0.2) is 0 Å². The molecule has 0 bridgehead atoms. The van der Waals surface area contributed by atoms with Crippen LogP contribution >= 0.6 is 11.8 Å². The number of carbonyl (C=O) groups is 1. The molecule has 0 aliphatic carbocycles. The van der Waals surface area contributed by atoms with Crippen molar-refractivity contribution in [3.63, 3.8) is 0 Å². The largest absolute Gasteiger partial charge is 0.542 e. The zero-order valence-electron chi connectivity index (χ0n) is 24.0. The second kappa shape index (κ2) is 13.2. The smallest absolute Gasteiger partial charge is 0.430 e. The summed E-state index contributed by atoms with van der Waals surface area (Å²) < 4.78 is 33.9. The second-order valence-corrected chi connectivity index (χ2v) is 11.6. The molecule has 0 unspecified atom stereocenters. The van der Waals surface area contributed by atoms with Crippen molar-refractivity contribution in [2.24, 2.45) is 7.05 Å². The summed E-state index contributed by atoms with van der Waals surface area (Å²) in [6.07, 6.45) is 1.97. The molecule has 5 rings (SSSR count). The minimum atomic E-state index is -5.19. The van der Waals surface area contributed by atoms with Crippen molar-refractivity contribution in [3.8, 4) is 0 Å². The van der Waals surface area contributed by atoms with Crippen molar-refractivity contribution in [3.05, 3.63) is 64.7 Å². The number of para-hydroxylation sites is 2. The Hall–Kier alpha value is -3.24. The first-order chi connectivity index (χ1) is 19.5. The van der Waals surface area contributed by atoms with Crippen LogP contribution in [0.1, 0.15) is 37.3 Å². The summed E-state index contributed by atoms with van der Waals surface area (Å²) in [7, 11) is 6.54. The van der Waals surface area contributed by atoms with E-state index in [2.05, 4.69) is 102 Å². The SMILES string of the molecule is CCCN(CCCN(C)C)c1cc(/C=C2/Sc3cccc4c3N2CCC4)c2ccccc2[n+]1C.O=C([O-])C(F)(F)F. The fraction of sp³-hybridized carbons (Fsp3) is 0.419. The molecule has 0 fully saturated rings. The van der Waals surface area contributed by atoms with Crippen LogP contribution in [0.3, 0.4) is 0 Å². The summed E-state index contributed by atoms with van der Waals surface area (Å²) in [5.41, 5.74) is 5.56. The minimum absolute atomic E-state index is 1.07. The zero-order valence-corrected chi connectivity index (χ0v) is 24.8. The maximum Gasteiger partial charge on any atom is 0.430 e. The number of alkyl halides is 3. The molecule has 0 radical (unpaired) electrons. The Kier molecular flexibility index (Phi) is 9.86. The molecule has 1 aromatic heterocycles. The van der Waals surface area contributed by atoms with Gasteiger partial charge in [0.05, 0.1) is 30.9 Å². The number of halogens is 3. The van der Waals surface area contributed by atoms with Gasteiger partial charge in [-0.05, 0) is 69.1 Å². The van der Waals surface area contributed by atoms with Crippen molar-refractivity contribution in [2.45, 2.75) is 43.7 Å². The van der Waals surface area contributed by atoms with Gasteiger partial charge in [-0.25, -0.2) is 4.57 Å². The Bertz CT molecular complexity index is 1420. The number of fused-ring (bicyclic) bond motifs is 1. The van der Waals surface area contributed by atoms with Crippen LogP contribution in [-0.4, -0.2) is 57.3 Å². The molecule has 3 heterocycles. The van der Waals surface area contributed by atoms with Crippen molar-refractivity contribution in [1.82, 2.24) is 4.90 Å². The molecule has 0 saturated heterocycles. The standard InChI is InChI=1S/C29H37N4S.C2HF3O2/c1-5-16-32(18-10-17-30(2)3)27-20-23(24-13-6-7-14-25(24)31(27)4)21-28-33-19-9-12-22-11-8-15-26(34-28)29(22)33;3-2(4,5)1(6)7/h6-8,11,13-15,20-21H,5,9-10,12,16-19H2,1-4H3;(H,6,7)/q+1;/p-1. The van der Waals surface area contributed by atoms with Crippen LogP contribution in [-0.2, 0) is 18.3 Å². The Morgan fingerprint density at radius 3 is 2.54 bits per heavy atom. The highest BCUT2D eigenvalue weighted by molar-refractivity contribution is 8.03. The number of aryl methyl sites for hydroxylation is 2. The van der Waals surface area contributed by atoms with Crippen LogP contribution in [0.25, 0.3) is 17.0 Å². The van der Waals surface area contributed by atoms with Crippen molar-refractivity contribution in [2.75, 3.05) is 50.1 Å². The van der Waals surface area contributed by atoms with Gasteiger partial charge in [0, 0.05) is 29.4 Å². The Balaban J connectivity index is 0.000000493. The zero-order chi connectivity index (χ0) is 29.7. The van der Waals surface area contributed by atoms with Crippen LogP contribution in [0, 0.1) is 0 Å². The number of benzene rings is 2. The molecule has 0 N–H and O–H groups in total. The maximum absolute atomic E-state index is 10.5. The third-order valence-electron chi connectivity index (χ3n) is 7.23. The van der Waals surface area contributed by atoms with E-state index in [9.17, 15) is 13.2 Å². The number of anilines is 2. The maximum atomic E-state index is 10.5. The van der Waals surface area contributed by atoms with Crippen LogP contribution in [0.2, 0.25) is 0 Å². The van der Waals surface area contributed by atoms with Crippen LogP contribution < -0.4 is 19.5 Å². The van der Waals surface area contributed by atoms with Gasteiger partial charge in [-0.1, -0.05) is 49.0 Å². The summed E-state index contributed by atoms with van der Waals surface area (Å²) >= 11 is 1.93. The number of thioether (sulfide) groups is 1. The van der Waals surface area contributed by atoms with E-state index in [1.54, 1.807) is 0 Å². The number of pyridine rings is 1. The lowest BCUT2D eigenvalue weighted by Gasteiger charge is -2.27. The van der Waals surface area contributed by atoms with Gasteiger partial charge < -0.3 is 19.7 Å². The first kappa shape index (κ1) is 30.7. The predicted molar refractivity (Wildman–Crippen MR) is 158 cm³/mol. The highest BCUT2D eigenvalue weighted by Gasteiger charge is 2.31. The lowest BCUT2D eigenvalue weighted by atomic mass is 10.0. The predicted octanol–water partition coefficient (Wildman–Crippen LogP) is 4.99. The molecule has 0 saturated carbocycles. The third-order valence-corrected chi connectivity index (χ3v) is 8.32. The van der Waals surface area contributed by atoms with E-state index in [0.717, 1.165) is 39.0 Å². The number of aromatic nitrogens is 1. The molecule has 2 aliphatic rings. The normalized spacial score (nSPS) is 15.2. The number of nitrogens with zero attached hydrogens (tertiary/aromatic N) is 4. The molecule has 6 nitrogen and oxygen atoms in total. The van der Waals surface area contributed by atoms with Gasteiger partial charge in [0.25, 0.3) is 5.82 Å². The number of carboxylic acid groups (broad SMARTS) is 1. The van der Waals surface area contributed by atoms with Crippen LogP contribution in [0.4, 0.5) is 24.7 Å². The summed E-state index contributed by atoms with van der Waals surface area (Å²) in [5.74, 6) is -1.70. The van der Waals surface area contributed by atoms with Crippen molar-refractivity contribution in [1.29, 1.82) is 0 Å². The average molecular weight is 587 g/mol. The highest BCUT2D eigenvalue weighted by Crippen LogP contribution is 2.50. The summed E-state index contributed by atoms with van der Waals surface area (Å²) in [4.78, 5) is 17.6. The fourth-order valence-corrected chi connectivity index (χ4v) is 6.57. The lowest BCUT2D eigenvalue weighted by Crippen LogP contribution is -2.41. The summed E-state index contributed by atoms with van der Waals surface area (Å²) in [6, 6.07) is 18.1. The second-order valence-electron chi connectivity index (χ2n) is 10.6. The number of aliphatic carboxylic acids is 1. The molecule has 2 aliphatic heterocycles. The third kappa shape index (κ3) is 7.16. The summed E-state index contributed by atoms with van der Waals surface area (Å²) in [5, 5.41) is 11.5. The van der Waals surface area contributed by atoms with Gasteiger partial charge in [0.2, 0.25) is 0 Å². The molecular weight excluding hydrogens is 549 g/mol. The van der Waals surface area contributed by atoms with Crippen molar-refractivity contribution < 1.29 is 27.6 Å². The fourth-order valence-electron chi connectivity index (χ4n) is 5.38. The van der Waals surface area contributed by atoms with Gasteiger partial charge in [-0.3, -0.25) is 4.90 Å². The van der Waals surface area contributed by atoms with Gasteiger partial charge in [0.1, 0.15) is 11.5 Å². The highest BCUT2D eigenvalue weighted by atomic mass is 32.2. The Morgan fingerprint density at radius 2 is 1.85 bits per heavy atom. The first-order valence-electron chi connectivity index (χ1n) is 13.9. The minimum Gasteiger partial charge on any atom is -0.542 e. The molecule has 41 heavy (non-hydrogen) atoms. The van der Waals surface area contributed by atoms with E-state index in [-0.39, 0.29) is 0 Å². The Labute approximate surface area is 244 Å². The number of hydrogen-bond acceptors (Lipinski definition) is 6. The average Bonchev–Trinajstić information content (AvgIpc) is 3.28. The lowest BCUT2D eigenvalue weighted by molar-refractivity contribution is -0.632. The van der Waals surface area contributed by atoms with Gasteiger partial charge in [-0.15, -0.1) is 0 Å². The molecule has 3 aromatic rings. The van der Waals surface area contributed by atoms with E-state index in [0.29, 0.717) is 0 Å². The van der Waals surface area contributed by atoms with E-state index >= 15 is 0 Å². The number of carbonyl (C=O) groups excluding carboxylic acids is 1. The van der Waals surface area contributed by atoms with Crippen LogP contribution in [0.15, 0.2) is 58.5 Å². The number of hydrogen-bond donors (Lipinski definition) is 0. The molecule has 0 spiro atoms. The first-order valence-corrected chi connectivity index (χ1v) is 14.7. The molecule has 220 valence electrons. The topological polar surface area (TPSA) is 53.7 Å². The number of carboxylic acids is 1. The van der Waals surface area contributed by atoms with E-state index < -0.39 is 12.1 Å². The molecule has 0 atom stereocenters.